The van der Waals surface area contributed by atoms with Crippen LogP contribution in [0.15, 0.2) is 53.4 Å². The number of amides is 2. The predicted molar refractivity (Wildman–Crippen MR) is 149 cm³/mol. The average Bonchev–Trinajstić information content (AvgIpc) is 3.33. The molecule has 2 aromatic carbocycles. The van der Waals surface area contributed by atoms with Crippen LogP contribution in [0.25, 0.3) is 11.1 Å². The van der Waals surface area contributed by atoms with E-state index in [1.165, 1.54) is 4.90 Å². The monoisotopic (exact) mass is 528 g/mol. The molecule has 3 rings (SSSR count). The molecule has 2 atom stereocenters. The number of nitrogens with one attached hydrogen (secondary N) is 2. The van der Waals surface area contributed by atoms with Crippen LogP contribution in [-0.4, -0.2) is 46.0 Å². The highest BCUT2D eigenvalue weighted by atomic mass is 32.2. The van der Waals surface area contributed by atoms with Crippen LogP contribution >= 0.6 is 24.4 Å². The summed E-state index contributed by atoms with van der Waals surface area (Å²) < 4.78 is 0. The lowest BCUT2D eigenvalue weighted by atomic mass is 9.94. The molecule has 0 bridgehead atoms. The molecule has 0 spiro atoms. The molecule has 1 aliphatic carbocycles. The third-order valence-electron chi connectivity index (χ3n) is 6.67. The highest BCUT2D eigenvalue weighted by Crippen LogP contribution is 2.31. The first-order valence-electron chi connectivity index (χ1n) is 12.4. The third kappa shape index (κ3) is 7.29. The number of benzene rings is 2. The zero-order valence-electron chi connectivity index (χ0n) is 21.1. The molecule has 0 aliphatic heterocycles. The van der Waals surface area contributed by atoms with Crippen molar-refractivity contribution in [2.45, 2.75) is 74.1 Å². The third-order valence-corrected chi connectivity index (χ3v) is 7.86. The van der Waals surface area contributed by atoms with E-state index in [1.54, 1.807) is 11.8 Å². The van der Waals surface area contributed by atoms with E-state index in [0.717, 1.165) is 29.5 Å². The first kappa shape index (κ1) is 28.1. The van der Waals surface area contributed by atoms with Gasteiger partial charge in [-0.25, -0.2) is 4.79 Å². The summed E-state index contributed by atoms with van der Waals surface area (Å²) in [5.41, 5.74) is 1.85. The van der Waals surface area contributed by atoms with Gasteiger partial charge >= 0.3 is 5.97 Å². The molecule has 2 aromatic rings. The molecule has 0 saturated heterocycles. The topological polar surface area (TPSA) is 95.5 Å². The molecule has 0 unspecified atom stereocenters. The Bertz CT molecular complexity index is 1050. The molecule has 8 heteroatoms. The quantitative estimate of drug-likeness (QED) is 0.244. The number of rotatable bonds is 11. The van der Waals surface area contributed by atoms with Crippen LogP contribution in [0.1, 0.15) is 51.5 Å². The average molecular weight is 529 g/mol. The Morgan fingerprint density at radius 1 is 1.00 bits per heavy atom. The van der Waals surface area contributed by atoms with Crippen molar-refractivity contribution in [3.8, 4) is 11.1 Å². The van der Waals surface area contributed by atoms with Gasteiger partial charge in [-0.3, -0.25) is 9.59 Å². The van der Waals surface area contributed by atoms with Crippen LogP contribution in [0, 0.1) is 5.92 Å². The minimum Gasteiger partial charge on any atom is -0.480 e. The maximum Gasteiger partial charge on any atom is 0.326 e. The van der Waals surface area contributed by atoms with Crippen LogP contribution in [0.3, 0.4) is 0 Å². The molecule has 2 amide bonds. The van der Waals surface area contributed by atoms with Crippen molar-refractivity contribution in [2.75, 3.05) is 6.26 Å². The van der Waals surface area contributed by atoms with E-state index in [1.807, 2.05) is 44.4 Å². The lowest BCUT2D eigenvalue weighted by molar-refractivity contribution is -0.143. The fourth-order valence-electron chi connectivity index (χ4n) is 4.61. The Labute approximate surface area is 223 Å². The van der Waals surface area contributed by atoms with Crippen LogP contribution in [-0.2, 0) is 20.8 Å². The molecule has 0 aromatic heterocycles. The summed E-state index contributed by atoms with van der Waals surface area (Å²) in [7, 11) is 0. The Morgan fingerprint density at radius 3 is 2.06 bits per heavy atom. The summed E-state index contributed by atoms with van der Waals surface area (Å²) in [4.78, 5) is 39.3. The number of carboxylic acids is 1. The van der Waals surface area contributed by atoms with Crippen molar-refractivity contribution < 1.29 is 19.5 Å². The molecule has 1 saturated carbocycles. The number of carbonyl (C=O) groups is 3. The highest BCUT2D eigenvalue weighted by molar-refractivity contribution is 7.98. The van der Waals surface area contributed by atoms with Crippen molar-refractivity contribution in [1.82, 2.24) is 10.6 Å². The fraction of sp³-hybridized carbons (Fsp3) is 0.464. The van der Waals surface area contributed by atoms with Gasteiger partial charge in [0.25, 0.3) is 0 Å². The Morgan fingerprint density at radius 2 is 1.56 bits per heavy atom. The summed E-state index contributed by atoms with van der Waals surface area (Å²) in [6.45, 7) is 4.03. The second kappa shape index (κ2) is 12.7. The summed E-state index contributed by atoms with van der Waals surface area (Å²) >= 11 is 6.10. The summed E-state index contributed by atoms with van der Waals surface area (Å²) in [5.74, 6) is -1.52. The molecular formula is C28H36N2O4S2. The number of carbonyl (C=O) groups excluding carboxylic acids is 2. The van der Waals surface area contributed by atoms with E-state index >= 15 is 0 Å². The number of aliphatic carboxylic acids is 1. The van der Waals surface area contributed by atoms with Gasteiger partial charge in [0, 0.05) is 11.3 Å². The predicted octanol–water partition coefficient (Wildman–Crippen LogP) is 4.96. The van der Waals surface area contributed by atoms with Gasteiger partial charge in [0.15, 0.2) is 0 Å². The molecule has 194 valence electrons. The molecule has 3 N–H and O–H groups in total. The van der Waals surface area contributed by atoms with Crippen molar-refractivity contribution >= 4 is 42.2 Å². The van der Waals surface area contributed by atoms with Gasteiger partial charge < -0.3 is 15.7 Å². The summed E-state index contributed by atoms with van der Waals surface area (Å²) in [6.07, 6.45) is 5.36. The van der Waals surface area contributed by atoms with Gasteiger partial charge in [-0.15, -0.1) is 11.8 Å². The summed E-state index contributed by atoms with van der Waals surface area (Å²) in [6, 6.07) is 14.9. The van der Waals surface area contributed by atoms with E-state index < -0.39 is 28.7 Å². The highest BCUT2D eigenvalue weighted by Gasteiger charge is 2.44. The Balaban J connectivity index is 1.69. The number of hydrogen-bond acceptors (Lipinski definition) is 5. The van der Waals surface area contributed by atoms with Gasteiger partial charge in [0.05, 0.1) is 5.25 Å². The van der Waals surface area contributed by atoms with Crippen LogP contribution in [0.2, 0.25) is 0 Å². The number of thiol groups is 1. The van der Waals surface area contributed by atoms with Crippen molar-refractivity contribution in [2.24, 2.45) is 5.92 Å². The van der Waals surface area contributed by atoms with Gasteiger partial charge in [-0.1, -0.05) is 63.1 Å². The molecule has 6 nitrogen and oxygen atoms in total. The molecule has 0 heterocycles. The molecule has 1 aliphatic rings. The zero-order chi connectivity index (χ0) is 26.3. The zero-order valence-corrected chi connectivity index (χ0v) is 22.8. The standard InChI is InChI=1S/C28H36N2O4S2/c1-18(2)16-24(35)25(31)30-28(14-4-5-15-28)27(34)29-23(26(32)33)17-19-6-8-20(9-7-19)21-10-12-22(36-3)13-11-21/h6-13,18,23-24,35H,4-5,14-17H2,1-3H3,(H,29,34)(H,30,31)(H,32,33)/t23-,24-/m0/s1. The second-order valence-corrected chi connectivity index (χ2v) is 11.4. The van der Waals surface area contributed by atoms with E-state index in [-0.39, 0.29) is 12.3 Å². The lowest BCUT2D eigenvalue weighted by Gasteiger charge is -2.31. The smallest absolute Gasteiger partial charge is 0.326 e. The van der Waals surface area contributed by atoms with E-state index in [9.17, 15) is 19.5 Å². The van der Waals surface area contributed by atoms with Crippen LogP contribution in [0.4, 0.5) is 0 Å². The van der Waals surface area contributed by atoms with Gasteiger partial charge in [-0.05, 0) is 60.3 Å². The van der Waals surface area contributed by atoms with Gasteiger partial charge in [0.2, 0.25) is 11.8 Å². The van der Waals surface area contributed by atoms with Crippen molar-refractivity contribution in [3.05, 3.63) is 54.1 Å². The van der Waals surface area contributed by atoms with Crippen molar-refractivity contribution in [1.29, 1.82) is 0 Å². The molecular weight excluding hydrogens is 492 g/mol. The Hall–Kier alpha value is -2.45. The van der Waals surface area contributed by atoms with Crippen LogP contribution < -0.4 is 10.6 Å². The minimum absolute atomic E-state index is 0.152. The normalized spacial score (nSPS) is 16.4. The van der Waals surface area contributed by atoms with E-state index in [2.05, 4.69) is 47.5 Å². The van der Waals surface area contributed by atoms with E-state index in [0.29, 0.717) is 25.2 Å². The summed E-state index contributed by atoms with van der Waals surface area (Å²) in [5, 5.41) is 15.0. The number of thioether (sulfide) groups is 1. The molecule has 36 heavy (non-hydrogen) atoms. The second-order valence-electron chi connectivity index (χ2n) is 9.92. The number of carboxylic acid groups (broad SMARTS) is 1. The van der Waals surface area contributed by atoms with E-state index in [4.69, 9.17) is 0 Å². The Kier molecular flexibility index (Phi) is 9.91. The van der Waals surface area contributed by atoms with Crippen molar-refractivity contribution in [3.63, 3.8) is 0 Å². The maximum absolute atomic E-state index is 13.3. The van der Waals surface area contributed by atoms with Crippen LogP contribution in [0.5, 0.6) is 0 Å². The SMILES string of the molecule is CSc1ccc(-c2ccc(C[C@H](NC(=O)C3(NC(=O)[C@@H](S)CC(C)C)CCCC3)C(=O)O)cc2)cc1. The lowest BCUT2D eigenvalue weighted by Crippen LogP contribution is -2.61. The maximum atomic E-state index is 13.3. The molecule has 0 radical (unpaired) electrons. The first-order chi connectivity index (χ1) is 17.1. The minimum atomic E-state index is -1.11. The van der Waals surface area contributed by atoms with Gasteiger partial charge in [-0.2, -0.15) is 12.6 Å². The number of hydrogen-bond donors (Lipinski definition) is 4. The largest absolute Gasteiger partial charge is 0.480 e. The first-order valence-corrected chi connectivity index (χ1v) is 14.1. The van der Waals surface area contributed by atoms with Gasteiger partial charge in [0.1, 0.15) is 11.6 Å². The molecule has 1 fully saturated rings. The fourth-order valence-corrected chi connectivity index (χ4v) is 5.50.